The molecule has 1 unspecified atom stereocenters. The van der Waals surface area contributed by atoms with Gasteiger partial charge in [-0.15, -0.1) is 0 Å². The molecule has 0 spiro atoms. The van der Waals surface area contributed by atoms with Crippen molar-refractivity contribution in [3.8, 4) is 5.75 Å². The first-order chi connectivity index (χ1) is 7.63. The summed E-state index contributed by atoms with van der Waals surface area (Å²) in [5.74, 6) is 0.827. The smallest absolute Gasteiger partial charge is 0.337 e. The normalized spacial score (nSPS) is 12.0. The number of carbonyl (C=O) groups excluding carboxylic acids is 1. The van der Waals surface area contributed by atoms with E-state index in [4.69, 9.17) is 4.74 Å². The number of rotatable bonds is 4. The zero-order chi connectivity index (χ0) is 12.1. The van der Waals surface area contributed by atoms with Crippen molar-refractivity contribution < 1.29 is 14.3 Å². The Kier molecular flexibility index (Phi) is 4.35. The molecule has 0 heterocycles. The third-order valence-electron chi connectivity index (χ3n) is 2.80. The average Bonchev–Trinajstić information content (AvgIpc) is 2.35. The summed E-state index contributed by atoms with van der Waals surface area (Å²) in [4.78, 5) is 11.4. The summed E-state index contributed by atoms with van der Waals surface area (Å²) < 4.78 is 9.96. The Labute approximate surface area is 96.4 Å². The van der Waals surface area contributed by atoms with E-state index in [1.807, 2.05) is 6.07 Å². The van der Waals surface area contributed by atoms with Gasteiger partial charge in [0.05, 0.1) is 19.8 Å². The van der Waals surface area contributed by atoms with Gasteiger partial charge in [0.25, 0.3) is 0 Å². The van der Waals surface area contributed by atoms with E-state index >= 15 is 0 Å². The molecule has 1 aromatic rings. The molecule has 0 aliphatic heterocycles. The molecule has 1 rings (SSSR count). The summed E-state index contributed by atoms with van der Waals surface area (Å²) in [6, 6.07) is 5.43. The standard InChI is InChI=1S/C13H18O3/c1-5-9(2)11-7-6-10(13(14)16-4)8-12(11)15-3/h6-9H,5H2,1-4H3. The first kappa shape index (κ1) is 12.6. The van der Waals surface area contributed by atoms with Gasteiger partial charge in [-0.05, 0) is 30.0 Å². The fourth-order valence-corrected chi connectivity index (χ4v) is 1.58. The molecule has 0 aliphatic carbocycles. The van der Waals surface area contributed by atoms with Crippen LogP contribution < -0.4 is 4.74 Å². The van der Waals surface area contributed by atoms with Crippen LogP contribution in [0.15, 0.2) is 18.2 Å². The molecule has 88 valence electrons. The fourth-order valence-electron chi connectivity index (χ4n) is 1.58. The molecule has 0 N–H and O–H groups in total. The van der Waals surface area contributed by atoms with Crippen LogP contribution in [0.2, 0.25) is 0 Å². The molecular formula is C13H18O3. The quantitative estimate of drug-likeness (QED) is 0.735. The highest BCUT2D eigenvalue weighted by Gasteiger charge is 2.13. The molecule has 3 nitrogen and oxygen atoms in total. The summed E-state index contributed by atoms with van der Waals surface area (Å²) in [6.45, 7) is 4.26. The number of methoxy groups -OCH3 is 2. The van der Waals surface area contributed by atoms with Crippen LogP contribution in [-0.2, 0) is 4.74 Å². The largest absolute Gasteiger partial charge is 0.496 e. The Bertz CT molecular complexity index is 371. The number of hydrogen-bond donors (Lipinski definition) is 0. The van der Waals surface area contributed by atoms with Gasteiger partial charge < -0.3 is 9.47 Å². The minimum absolute atomic E-state index is 0.339. The lowest BCUT2D eigenvalue weighted by molar-refractivity contribution is 0.0600. The zero-order valence-electron chi connectivity index (χ0n) is 10.2. The summed E-state index contributed by atoms with van der Waals surface area (Å²) in [6.07, 6.45) is 1.04. The molecule has 0 amide bonds. The van der Waals surface area contributed by atoms with Gasteiger partial charge in [-0.1, -0.05) is 19.9 Å². The summed E-state index contributed by atoms with van der Waals surface area (Å²) in [5, 5.41) is 0. The lowest BCUT2D eigenvalue weighted by atomic mass is 9.96. The Balaban J connectivity index is 3.11. The van der Waals surface area contributed by atoms with Crippen molar-refractivity contribution in [3.05, 3.63) is 29.3 Å². The Hall–Kier alpha value is -1.51. The molecule has 0 radical (unpaired) electrons. The van der Waals surface area contributed by atoms with E-state index in [2.05, 4.69) is 18.6 Å². The lowest BCUT2D eigenvalue weighted by Gasteiger charge is -2.14. The highest BCUT2D eigenvalue weighted by atomic mass is 16.5. The molecule has 3 heteroatoms. The van der Waals surface area contributed by atoms with Crippen molar-refractivity contribution in [2.45, 2.75) is 26.2 Å². The van der Waals surface area contributed by atoms with E-state index in [1.54, 1.807) is 19.2 Å². The second-order valence-electron chi connectivity index (χ2n) is 3.76. The Morgan fingerprint density at radius 3 is 2.56 bits per heavy atom. The van der Waals surface area contributed by atoms with Gasteiger partial charge in [0.1, 0.15) is 5.75 Å². The number of carbonyl (C=O) groups is 1. The van der Waals surface area contributed by atoms with Crippen molar-refractivity contribution in [2.75, 3.05) is 14.2 Å². The second-order valence-corrected chi connectivity index (χ2v) is 3.76. The van der Waals surface area contributed by atoms with E-state index in [0.717, 1.165) is 17.7 Å². The van der Waals surface area contributed by atoms with E-state index in [1.165, 1.54) is 7.11 Å². The van der Waals surface area contributed by atoms with Gasteiger partial charge in [-0.2, -0.15) is 0 Å². The van der Waals surface area contributed by atoms with Crippen LogP contribution in [0.5, 0.6) is 5.75 Å². The summed E-state index contributed by atoms with van der Waals surface area (Å²) >= 11 is 0. The van der Waals surface area contributed by atoms with Crippen molar-refractivity contribution in [2.24, 2.45) is 0 Å². The third-order valence-corrected chi connectivity index (χ3v) is 2.80. The number of hydrogen-bond acceptors (Lipinski definition) is 3. The van der Waals surface area contributed by atoms with E-state index < -0.39 is 0 Å². The van der Waals surface area contributed by atoms with Crippen molar-refractivity contribution in [3.63, 3.8) is 0 Å². The maximum absolute atomic E-state index is 11.4. The predicted molar refractivity (Wildman–Crippen MR) is 63.0 cm³/mol. The molecule has 16 heavy (non-hydrogen) atoms. The predicted octanol–water partition coefficient (Wildman–Crippen LogP) is 3.00. The number of ether oxygens (including phenoxy) is 2. The third kappa shape index (κ3) is 2.54. The first-order valence-corrected chi connectivity index (χ1v) is 5.40. The van der Waals surface area contributed by atoms with E-state index in [-0.39, 0.29) is 5.97 Å². The molecule has 1 aromatic carbocycles. The number of benzene rings is 1. The topological polar surface area (TPSA) is 35.5 Å². The fraction of sp³-hybridized carbons (Fsp3) is 0.462. The molecule has 0 saturated carbocycles. The van der Waals surface area contributed by atoms with Gasteiger partial charge >= 0.3 is 5.97 Å². The summed E-state index contributed by atoms with van der Waals surface area (Å²) in [7, 11) is 2.99. The molecule has 0 aromatic heterocycles. The second kappa shape index (κ2) is 5.54. The average molecular weight is 222 g/mol. The summed E-state index contributed by atoms with van der Waals surface area (Å²) in [5.41, 5.74) is 1.64. The first-order valence-electron chi connectivity index (χ1n) is 5.40. The van der Waals surface area contributed by atoms with Crippen LogP contribution in [-0.4, -0.2) is 20.2 Å². The molecule has 1 atom stereocenters. The van der Waals surface area contributed by atoms with Crippen molar-refractivity contribution in [1.82, 2.24) is 0 Å². The molecule has 0 aliphatic rings. The SMILES string of the molecule is CCC(C)c1ccc(C(=O)OC)cc1OC. The van der Waals surface area contributed by atoms with Crippen LogP contribution in [0.1, 0.15) is 42.1 Å². The lowest BCUT2D eigenvalue weighted by Crippen LogP contribution is -2.04. The van der Waals surface area contributed by atoms with Crippen LogP contribution in [0.4, 0.5) is 0 Å². The zero-order valence-corrected chi connectivity index (χ0v) is 10.2. The van der Waals surface area contributed by atoms with Crippen molar-refractivity contribution >= 4 is 5.97 Å². The molecule has 0 saturated heterocycles. The van der Waals surface area contributed by atoms with Gasteiger partial charge in [-0.25, -0.2) is 4.79 Å². The highest BCUT2D eigenvalue weighted by Crippen LogP contribution is 2.29. The maximum atomic E-state index is 11.4. The van der Waals surface area contributed by atoms with Gasteiger partial charge in [0.15, 0.2) is 0 Å². The monoisotopic (exact) mass is 222 g/mol. The number of esters is 1. The molecule has 0 fully saturated rings. The maximum Gasteiger partial charge on any atom is 0.337 e. The highest BCUT2D eigenvalue weighted by molar-refractivity contribution is 5.89. The van der Waals surface area contributed by atoms with Gasteiger partial charge in [0.2, 0.25) is 0 Å². The van der Waals surface area contributed by atoms with Crippen LogP contribution in [0.25, 0.3) is 0 Å². The minimum Gasteiger partial charge on any atom is -0.496 e. The van der Waals surface area contributed by atoms with E-state index in [9.17, 15) is 4.79 Å². The molecule has 0 bridgehead atoms. The minimum atomic E-state index is -0.339. The van der Waals surface area contributed by atoms with Crippen molar-refractivity contribution in [1.29, 1.82) is 0 Å². The van der Waals surface area contributed by atoms with Crippen LogP contribution >= 0.6 is 0 Å². The Morgan fingerprint density at radius 2 is 2.06 bits per heavy atom. The molecular weight excluding hydrogens is 204 g/mol. The van der Waals surface area contributed by atoms with Crippen LogP contribution in [0.3, 0.4) is 0 Å². The van der Waals surface area contributed by atoms with Gasteiger partial charge in [0, 0.05) is 0 Å². The van der Waals surface area contributed by atoms with Crippen LogP contribution in [0, 0.1) is 0 Å². The Morgan fingerprint density at radius 1 is 1.38 bits per heavy atom. The van der Waals surface area contributed by atoms with Gasteiger partial charge in [-0.3, -0.25) is 0 Å². The van der Waals surface area contributed by atoms with E-state index in [0.29, 0.717) is 11.5 Å².